The van der Waals surface area contributed by atoms with Crippen LogP contribution >= 0.6 is 46.0 Å². The zero-order valence-electron chi connectivity index (χ0n) is 11.7. The molecule has 0 aliphatic rings. The molecule has 0 saturated heterocycles. The zero-order chi connectivity index (χ0) is 16.7. The predicted octanol–water partition coefficient (Wildman–Crippen LogP) is 5.12. The van der Waals surface area contributed by atoms with E-state index in [-0.39, 0.29) is 14.0 Å². The third kappa shape index (κ3) is 3.40. The van der Waals surface area contributed by atoms with Crippen molar-refractivity contribution >= 4 is 57.4 Å². The Morgan fingerprint density at radius 1 is 1.23 bits per heavy atom. The van der Waals surface area contributed by atoms with Crippen molar-refractivity contribution in [1.82, 2.24) is 4.98 Å². The molecule has 0 spiro atoms. The molecule has 0 saturated carbocycles. The van der Waals surface area contributed by atoms with Crippen molar-refractivity contribution in [2.24, 2.45) is 0 Å². The second kappa shape index (κ2) is 6.11. The van der Waals surface area contributed by atoms with E-state index < -0.39 is 21.2 Å². The molecule has 11 heteroatoms. The van der Waals surface area contributed by atoms with Crippen molar-refractivity contribution in [2.45, 2.75) is 34.7 Å². The highest BCUT2D eigenvalue weighted by atomic mass is 35.5. The lowest BCUT2D eigenvalue weighted by Gasteiger charge is -2.13. The standard InChI is InChI=1S/C11H10ClN3O4S3/c1-11(2,3)5-4-20-10(13-5)22-9-7(15(18)19)6(14(16)17)8(12)21-9/h4H,1-3H3. The van der Waals surface area contributed by atoms with Crippen molar-refractivity contribution in [3.05, 3.63) is 35.6 Å². The van der Waals surface area contributed by atoms with E-state index in [1.807, 2.05) is 26.2 Å². The highest BCUT2D eigenvalue weighted by Gasteiger charge is 2.37. The summed E-state index contributed by atoms with van der Waals surface area (Å²) in [5.74, 6) is 0. The number of halogens is 1. The van der Waals surface area contributed by atoms with Crippen LogP contribution in [-0.2, 0) is 5.41 Å². The highest BCUT2D eigenvalue weighted by Crippen LogP contribution is 2.51. The number of thiophene rings is 1. The maximum Gasteiger partial charge on any atom is 0.376 e. The Hall–Kier alpha value is -1.23. The first-order valence-electron chi connectivity index (χ1n) is 5.86. The Bertz CT molecular complexity index is 750. The molecule has 0 N–H and O–H groups in total. The Balaban J connectivity index is 2.42. The number of nitro groups is 2. The number of hydrogen-bond donors (Lipinski definition) is 0. The lowest BCUT2D eigenvalue weighted by Crippen LogP contribution is -2.11. The summed E-state index contributed by atoms with van der Waals surface area (Å²) in [6, 6.07) is 0. The monoisotopic (exact) mass is 379 g/mol. The first kappa shape index (κ1) is 17.1. The van der Waals surface area contributed by atoms with Gasteiger partial charge in [-0.25, -0.2) is 4.98 Å². The van der Waals surface area contributed by atoms with Crippen molar-refractivity contribution < 1.29 is 9.85 Å². The minimum absolute atomic E-state index is 0.139. The van der Waals surface area contributed by atoms with Crippen LogP contribution in [0.5, 0.6) is 0 Å². The SMILES string of the molecule is CC(C)(C)c1csc(Sc2sc(Cl)c([N+](=O)[O-])c2[N+](=O)[O-])n1. The Morgan fingerprint density at radius 3 is 2.27 bits per heavy atom. The van der Waals surface area contributed by atoms with Crippen LogP contribution in [0.1, 0.15) is 26.5 Å². The van der Waals surface area contributed by atoms with Crippen LogP contribution in [0.15, 0.2) is 13.9 Å². The fourth-order valence-corrected chi connectivity index (χ4v) is 5.45. The first-order valence-corrected chi connectivity index (χ1v) is 8.75. The van der Waals surface area contributed by atoms with Crippen LogP contribution in [0.2, 0.25) is 4.34 Å². The van der Waals surface area contributed by atoms with Gasteiger partial charge in [0.1, 0.15) is 0 Å². The average molecular weight is 380 g/mol. The Kier molecular flexibility index (Phi) is 4.76. The van der Waals surface area contributed by atoms with Gasteiger partial charge in [0.25, 0.3) is 0 Å². The van der Waals surface area contributed by atoms with Gasteiger partial charge in [-0.05, 0) is 11.8 Å². The molecule has 2 rings (SSSR count). The van der Waals surface area contributed by atoms with Gasteiger partial charge in [-0.2, -0.15) is 0 Å². The first-order chi connectivity index (χ1) is 10.1. The third-order valence-electron chi connectivity index (χ3n) is 2.58. The number of nitrogens with zero attached hydrogens (tertiary/aromatic N) is 3. The second-order valence-electron chi connectivity index (χ2n) is 5.23. The summed E-state index contributed by atoms with van der Waals surface area (Å²) < 4.78 is 0.546. The predicted molar refractivity (Wildman–Crippen MR) is 87.6 cm³/mol. The molecular weight excluding hydrogens is 370 g/mol. The quantitative estimate of drug-likeness (QED) is 0.539. The summed E-state index contributed by atoms with van der Waals surface area (Å²) in [4.78, 5) is 24.9. The fraction of sp³-hybridized carbons (Fsp3) is 0.364. The minimum Gasteiger partial charge on any atom is -0.258 e. The molecule has 0 aliphatic carbocycles. The molecule has 0 fully saturated rings. The lowest BCUT2D eigenvalue weighted by atomic mass is 9.93. The third-order valence-corrected chi connectivity index (χ3v) is 6.06. The topological polar surface area (TPSA) is 99.2 Å². The van der Waals surface area contributed by atoms with Gasteiger partial charge in [-0.1, -0.05) is 32.4 Å². The zero-order valence-corrected chi connectivity index (χ0v) is 14.9. The molecule has 0 atom stereocenters. The molecule has 22 heavy (non-hydrogen) atoms. The molecule has 0 amide bonds. The molecule has 0 aliphatic heterocycles. The van der Waals surface area contributed by atoms with E-state index in [1.54, 1.807) is 0 Å². The number of aromatic nitrogens is 1. The van der Waals surface area contributed by atoms with Gasteiger partial charge in [-0.15, -0.1) is 22.7 Å². The van der Waals surface area contributed by atoms with Crippen LogP contribution in [-0.4, -0.2) is 14.8 Å². The van der Waals surface area contributed by atoms with Gasteiger partial charge in [0, 0.05) is 10.8 Å². The summed E-state index contributed by atoms with van der Waals surface area (Å²) in [7, 11) is 0. The summed E-state index contributed by atoms with van der Waals surface area (Å²) in [5, 5.41) is 24.0. The molecule has 0 aromatic carbocycles. The van der Waals surface area contributed by atoms with Gasteiger partial charge in [0.2, 0.25) is 0 Å². The van der Waals surface area contributed by atoms with E-state index in [2.05, 4.69) is 4.98 Å². The summed E-state index contributed by atoms with van der Waals surface area (Å²) >= 11 is 8.96. The van der Waals surface area contributed by atoms with Gasteiger partial charge in [0.05, 0.1) is 15.5 Å². The molecule has 0 radical (unpaired) electrons. The average Bonchev–Trinajstić information content (AvgIpc) is 2.93. The normalized spacial score (nSPS) is 11.6. The number of rotatable bonds is 4. The minimum atomic E-state index is -0.830. The van der Waals surface area contributed by atoms with Crippen LogP contribution in [0.4, 0.5) is 11.4 Å². The van der Waals surface area contributed by atoms with E-state index >= 15 is 0 Å². The van der Waals surface area contributed by atoms with Crippen molar-refractivity contribution in [1.29, 1.82) is 0 Å². The Morgan fingerprint density at radius 2 is 1.82 bits per heavy atom. The molecule has 0 unspecified atom stereocenters. The van der Waals surface area contributed by atoms with E-state index in [1.165, 1.54) is 11.3 Å². The van der Waals surface area contributed by atoms with E-state index in [0.717, 1.165) is 28.8 Å². The maximum atomic E-state index is 11.1. The lowest BCUT2D eigenvalue weighted by molar-refractivity contribution is -0.423. The number of hydrogen-bond acceptors (Lipinski definition) is 8. The molecule has 0 bridgehead atoms. The fourth-order valence-electron chi connectivity index (χ4n) is 1.48. The van der Waals surface area contributed by atoms with Crippen LogP contribution in [0.3, 0.4) is 0 Å². The number of thiazole rings is 1. The van der Waals surface area contributed by atoms with E-state index in [9.17, 15) is 20.2 Å². The van der Waals surface area contributed by atoms with Gasteiger partial charge < -0.3 is 0 Å². The van der Waals surface area contributed by atoms with Crippen molar-refractivity contribution in [3.63, 3.8) is 0 Å². The van der Waals surface area contributed by atoms with Gasteiger partial charge >= 0.3 is 11.4 Å². The van der Waals surface area contributed by atoms with Crippen LogP contribution in [0, 0.1) is 20.2 Å². The van der Waals surface area contributed by atoms with Crippen molar-refractivity contribution in [2.75, 3.05) is 0 Å². The Labute approximate surface area is 142 Å². The van der Waals surface area contributed by atoms with Crippen LogP contribution in [0.25, 0.3) is 0 Å². The molecule has 2 heterocycles. The van der Waals surface area contributed by atoms with E-state index in [0.29, 0.717) is 4.34 Å². The van der Waals surface area contributed by atoms with Gasteiger partial charge in [0.15, 0.2) is 12.9 Å². The van der Waals surface area contributed by atoms with Crippen molar-refractivity contribution in [3.8, 4) is 0 Å². The largest absolute Gasteiger partial charge is 0.376 e. The van der Waals surface area contributed by atoms with Crippen LogP contribution < -0.4 is 0 Å². The summed E-state index contributed by atoms with van der Waals surface area (Å²) in [6.45, 7) is 6.02. The molecular formula is C11H10ClN3O4S3. The molecule has 118 valence electrons. The maximum absolute atomic E-state index is 11.1. The molecule has 2 aromatic rings. The highest BCUT2D eigenvalue weighted by molar-refractivity contribution is 8.03. The summed E-state index contributed by atoms with van der Waals surface area (Å²) in [6.07, 6.45) is 0. The smallest absolute Gasteiger partial charge is 0.258 e. The summed E-state index contributed by atoms with van der Waals surface area (Å²) in [5.41, 5.74) is -0.510. The second-order valence-corrected chi connectivity index (χ2v) is 9.22. The molecule has 2 aromatic heterocycles. The molecule has 7 nitrogen and oxygen atoms in total. The van der Waals surface area contributed by atoms with E-state index in [4.69, 9.17) is 11.6 Å². The van der Waals surface area contributed by atoms with Gasteiger partial charge in [-0.3, -0.25) is 20.2 Å².